The smallest absolute Gasteiger partial charge is 0.321 e. The molecule has 0 aromatic carbocycles. The van der Waals surface area contributed by atoms with Gasteiger partial charge in [0.05, 0.1) is 6.42 Å². The van der Waals surface area contributed by atoms with E-state index in [0.29, 0.717) is 0 Å². The number of nitrogens with one attached hydrogen (secondary N) is 3. The topological polar surface area (TPSA) is 131 Å². The zero-order valence-electron chi connectivity index (χ0n) is 15.6. The van der Waals surface area contributed by atoms with Gasteiger partial charge in [0, 0.05) is 12.6 Å². The molecule has 1 saturated carbocycles. The number of sulfonamides is 1. The minimum Gasteiger partial charge on any atom is -0.452 e. The molecule has 1 fully saturated rings. The molecule has 1 aromatic heterocycles. The molecule has 0 spiro atoms. The molecular formula is C17H25N3O6S2. The largest absolute Gasteiger partial charge is 0.452 e. The fraction of sp³-hybridized carbons (Fsp3) is 0.588. The summed E-state index contributed by atoms with van der Waals surface area (Å²) in [7, 11) is -3.66. The molecule has 2 rings (SSSR count). The standard InChI is InChI=1S/C17H25N3O6S2/c1-12(16(22)20-17(23)19-13-6-3-2-4-7-13)26-14(21)9-10-18-28(24,25)15-8-5-11-27-15/h5,8,11-13,18H,2-4,6-7,9-10H2,1H3,(H2,19,20,22,23). The monoisotopic (exact) mass is 431 g/mol. The van der Waals surface area contributed by atoms with Gasteiger partial charge in [-0.1, -0.05) is 25.3 Å². The zero-order valence-corrected chi connectivity index (χ0v) is 17.2. The Bertz CT molecular complexity index is 773. The molecule has 3 amide bonds. The van der Waals surface area contributed by atoms with Gasteiger partial charge in [-0.2, -0.15) is 0 Å². The first kappa shape index (κ1) is 22.3. The van der Waals surface area contributed by atoms with Crippen molar-refractivity contribution >= 4 is 39.3 Å². The number of carbonyl (C=O) groups is 3. The molecule has 1 aliphatic rings. The van der Waals surface area contributed by atoms with Crippen LogP contribution in [0.3, 0.4) is 0 Å². The first-order valence-electron chi connectivity index (χ1n) is 9.12. The summed E-state index contributed by atoms with van der Waals surface area (Å²) in [6, 6.07) is 2.51. The van der Waals surface area contributed by atoms with Crippen LogP contribution < -0.4 is 15.4 Å². The third-order valence-corrected chi connectivity index (χ3v) is 7.09. The van der Waals surface area contributed by atoms with E-state index in [2.05, 4.69) is 15.4 Å². The summed E-state index contributed by atoms with van der Waals surface area (Å²) >= 11 is 1.06. The van der Waals surface area contributed by atoms with Crippen LogP contribution in [-0.4, -0.2) is 45.0 Å². The van der Waals surface area contributed by atoms with Gasteiger partial charge in [0.1, 0.15) is 4.21 Å². The van der Waals surface area contributed by atoms with Crippen LogP contribution in [0.2, 0.25) is 0 Å². The molecule has 156 valence electrons. The summed E-state index contributed by atoms with van der Waals surface area (Å²) in [5.74, 6) is -1.48. The molecule has 0 bridgehead atoms. The summed E-state index contributed by atoms with van der Waals surface area (Å²) < 4.78 is 31.2. The van der Waals surface area contributed by atoms with Crippen molar-refractivity contribution in [2.45, 2.75) is 61.8 Å². The van der Waals surface area contributed by atoms with Gasteiger partial charge in [-0.05, 0) is 31.2 Å². The highest BCUT2D eigenvalue weighted by Crippen LogP contribution is 2.17. The Morgan fingerprint density at radius 2 is 1.96 bits per heavy atom. The van der Waals surface area contributed by atoms with Crippen molar-refractivity contribution in [2.24, 2.45) is 0 Å². The number of hydrogen-bond donors (Lipinski definition) is 3. The van der Waals surface area contributed by atoms with Crippen LogP contribution in [0.15, 0.2) is 21.7 Å². The second kappa shape index (κ2) is 10.5. The number of urea groups is 1. The lowest BCUT2D eigenvalue weighted by molar-refractivity contribution is -0.154. The Morgan fingerprint density at radius 3 is 2.61 bits per heavy atom. The molecule has 0 radical (unpaired) electrons. The maximum Gasteiger partial charge on any atom is 0.321 e. The molecule has 1 heterocycles. The van der Waals surface area contributed by atoms with E-state index in [-0.39, 0.29) is 23.2 Å². The van der Waals surface area contributed by atoms with E-state index in [0.717, 1.165) is 43.4 Å². The summed E-state index contributed by atoms with van der Waals surface area (Å²) in [6.07, 6.45) is 3.59. The third kappa shape index (κ3) is 7.21. The molecule has 1 atom stereocenters. The Hall–Kier alpha value is -1.98. The second-order valence-electron chi connectivity index (χ2n) is 6.51. The number of hydrogen-bond acceptors (Lipinski definition) is 7. The Kier molecular flexibility index (Phi) is 8.39. The van der Waals surface area contributed by atoms with E-state index in [1.165, 1.54) is 13.0 Å². The van der Waals surface area contributed by atoms with Crippen molar-refractivity contribution in [1.82, 2.24) is 15.4 Å². The lowest BCUT2D eigenvalue weighted by atomic mass is 9.96. The fourth-order valence-corrected chi connectivity index (χ4v) is 4.84. The van der Waals surface area contributed by atoms with Gasteiger partial charge in [0.25, 0.3) is 5.91 Å². The number of amides is 3. The normalized spacial score (nSPS) is 16.2. The van der Waals surface area contributed by atoms with Gasteiger partial charge in [-0.15, -0.1) is 11.3 Å². The van der Waals surface area contributed by atoms with Crippen molar-refractivity contribution < 1.29 is 27.5 Å². The van der Waals surface area contributed by atoms with Crippen molar-refractivity contribution in [3.8, 4) is 0 Å². The predicted molar refractivity (Wildman–Crippen MR) is 103 cm³/mol. The maximum atomic E-state index is 12.0. The van der Waals surface area contributed by atoms with Crippen LogP contribution in [0, 0.1) is 0 Å². The molecule has 11 heteroatoms. The van der Waals surface area contributed by atoms with E-state index in [4.69, 9.17) is 4.74 Å². The van der Waals surface area contributed by atoms with Gasteiger partial charge >= 0.3 is 12.0 Å². The number of rotatable bonds is 8. The maximum absolute atomic E-state index is 12.0. The number of ether oxygens (including phenoxy) is 1. The molecule has 9 nitrogen and oxygen atoms in total. The second-order valence-corrected chi connectivity index (χ2v) is 9.45. The molecule has 3 N–H and O–H groups in total. The minimum absolute atomic E-state index is 0.0516. The number of imide groups is 1. The number of thiophene rings is 1. The van der Waals surface area contributed by atoms with Crippen LogP contribution in [0.25, 0.3) is 0 Å². The Balaban J connectivity index is 1.67. The average molecular weight is 432 g/mol. The highest BCUT2D eigenvalue weighted by atomic mass is 32.2. The van der Waals surface area contributed by atoms with E-state index in [1.807, 2.05) is 0 Å². The van der Waals surface area contributed by atoms with E-state index in [9.17, 15) is 22.8 Å². The number of esters is 1. The van der Waals surface area contributed by atoms with Crippen molar-refractivity contribution in [3.63, 3.8) is 0 Å². The Morgan fingerprint density at radius 1 is 1.25 bits per heavy atom. The van der Waals surface area contributed by atoms with Crippen LogP contribution in [0.4, 0.5) is 4.79 Å². The first-order chi connectivity index (χ1) is 13.3. The van der Waals surface area contributed by atoms with Gasteiger partial charge in [0.2, 0.25) is 10.0 Å². The molecule has 1 aromatic rings. The summed E-state index contributed by atoms with van der Waals surface area (Å²) in [5, 5.41) is 6.52. The quantitative estimate of drug-likeness (QED) is 0.535. The van der Waals surface area contributed by atoms with Crippen LogP contribution in [0.1, 0.15) is 45.4 Å². The molecule has 0 saturated heterocycles. The molecule has 1 aliphatic carbocycles. The average Bonchev–Trinajstić information content (AvgIpc) is 3.17. The highest BCUT2D eigenvalue weighted by molar-refractivity contribution is 7.91. The van der Waals surface area contributed by atoms with Gasteiger partial charge < -0.3 is 10.1 Å². The van der Waals surface area contributed by atoms with Crippen LogP contribution in [0.5, 0.6) is 0 Å². The van der Waals surface area contributed by atoms with Gasteiger partial charge in [-0.25, -0.2) is 17.9 Å². The third-order valence-electron chi connectivity index (χ3n) is 4.24. The van der Waals surface area contributed by atoms with Crippen molar-refractivity contribution in [3.05, 3.63) is 17.5 Å². The summed E-state index contributed by atoms with van der Waals surface area (Å²) in [4.78, 5) is 35.6. The van der Waals surface area contributed by atoms with Gasteiger partial charge in [-0.3, -0.25) is 14.9 Å². The molecule has 0 aliphatic heterocycles. The minimum atomic E-state index is -3.66. The summed E-state index contributed by atoms with van der Waals surface area (Å²) in [6.45, 7) is 1.19. The van der Waals surface area contributed by atoms with E-state index >= 15 is 0 Å². The number of carbonyl (C=O) groups excluding carboxylic acids is 3. The Labute approximate surface area is 168 Å². The van der Waals surface area contributed by atoms with Crippen LogP contribution in [-0.2, 0) is 24.3 Å². The lowest BCUT2D eigenvalue weighted by Gasteiger charge is -2.23. The molecular weight excluding hydrogens is 406 g/mol. The molecule has 1 unspecified atom stereocenters. The SMILES string of the molecule is CC(OC(=O)CCNS(=O)(=O)c1cccs1)C(=O)NC(=O)NC1CCCCC1. The van der Waals surface area contributed by atoms with Crippen molar-refractivity contribution in [2.75, 3.05) is 6.54 Å². The zero-order chi connectivity index (χ0) is 20.6. The predicted octanol–water partition coefficient (Wildman–Crippen LogP) is 1.51. The van der Waals surface area contributed by atoms with E-state index < -0.39 is 34.0 Å². The highest BCUT2D eigenvalue weighted by Gasteiger charge is 2.22. The van der Waals surface area contributed by atoms with E-state index in [1.54, 1.807) is 11.4 Å². The molecule has 28 heavy (non-hydrogen) atoms. The lowest BCUT2D eigenvalue weighted by Crippen LogP contribution is -2.48. The van der Waals surface area contributed by atoms with Gasteiger partial charge in [0.15, 0.2) is 6.10 Å². The fourth-order valence-electron chi connectivity index (χ4n) is 2.77. The van der Waals surface area contributed by atoms with Crippen molar-refractivity contribution in [1.29, 1.82) is 0 Å². The first-order valence-corrected chi connectivity index (χ1v) is 11.5. The summed E-state index contributed by atoms with van der Waals surface area (Å²) in [5.41, 5.74) is 0. The van der Waals surface area contributed by atoms with Crippen LogP contribution >= 0.6 is 11.3 Å².